The first-order valence-electron chi connectivity index (χ1n) is 18.1. The van der Waals surface area contributed by atoms with Gasteiger partial charge in [0.05, 0.1) is 0 Å². The molecule has 0 heterocycles. The molecule has 44 heavy (non-hydrogen) atoms. The van der Waals surface area contributed by atoms with Crippen molar-refractivity contribution in [2.75, 3.05) is 6.54 Å². The summed E-state index contributed by atoms with van der Waals surface area (Å²) in [6.45, 7) is 4.12. The molecule has 0 aliphatic rings. The number of carbonyl (C=O) groups excluding carboxylic acids is 2. The summed E-state index contributed by atoms with van der Waals surface area (Å²) in [7, 11) is 0. The molecule has 0 aliphatic heterocycles. The van der Waals surface area contributed by atoms with E-state index in [4.69, 9.17) is 9.84 Å². The topological polar surface area (TPSA) is 92.7 Å². The average molecular weight is 618 g/mol. The lowest BCUT2D eigenvalue weighted by atomic mass is 10.0. The van der Waals surface area contributed by atoms with E-state index in [9.17, 15) is 14.4 Å². The summed E-state index contributed by atoms with van der Waals surface area (Å²) >= 11 is 0. The molecule has 0 aromatic carbocycles. The molecule has 0 rings (SSSR count). The molecule has 1 amide bonds. The summed E-state index contributed by atoms with van der Waals surface area (Å²) in [5, 5.41) is 11.0. The number of rotatable bonds is 32. The maximum atomic E-state index is 12.5. The zero-order chi connectivity index (χ0) is 32.4. The van der Waals surface area contributed by atoms with Gasteiger partial charge in [-0.1, -0.05) is 121 Å². The molecule has 6 nitrogen and oxygen atoms in total. The van der Waals surface area contributed by atoms with E-state index in [1.165, 1.54) is 70.6 Å². The minimum Gasteiger partial charge on any atom is -0.480 e. The first-order valence-corrected chi connectivity index (χ1v) is 18.1. The van der Waals surface area contributed by atoms with Crippen LogP contribution in [0.3, 0.4) is 0 Å². The summed E-state index contributed by atoms with van der Waals surface area (Å²) < 4.78 is 5.89. The second kappa shape index (κ2) is 33.5. The van der Waals surface area contributed by atoms with Gasteiger partial charge < -0.3 is 15.2 Å². The van der Waals surface area contributed by atoms with Crippen molar-refractivity contribution >= 4 is 17.8 Å². The second-order valence-electron chi connectivity index (χ2n) is 12.1. The predicted octanol–water partition coefficient (Wildman–Crippen LogP) is 10.6. The number of aliphatic carboxylic acids is 1. The lowest BCUT2D eigenvalue weighted by molar-refractivity contribution is -0.150. The molecule has 0 saturated carbocycles. The fourth-order valence-electron chi connectivity index (χ4n) is 5.11. The largest absolute Gasteiger partial charge is 0.480 e. The smallest absolute Gasteiger partial charge is 0.322 e. The highest BCUT2D eigenvalue weighted by atomic mass is 16.5. The van der Waals surface area contributed by atoms with Crippen LogP contribution in [0.4, 0.5) is 0 Å². The van der Waals surface area contributed by atoms with Crippen molar-refractivity contribution in [3.63, 3.8) is 0 Å². The van der Waals surface area contributed by atoms with Gasteiger partial charge in [0.15, 0.2) is 0 Å². The molecule has 254 valence electrons. The van der Waals surface area contributed by atoms with Crippen LogP contribution >= 0.6 is 0 Å². The highest BCUT2D eigenvalue weighted by Crippen LogP contribution is 2.18. The summed E-state index contributed by atoms with van der Waals surface area (Å²) in [6, 6.07) is 0. The number of esters is 1. The number of carboxylic acids is 1. The number of allylic oxidation sites excluding steroid dienone is 6. The number of hydrogen-bond acceptors (Lipinski definition) is 4. The normalized spacial score (nSPS) is 12.4. The summed E-state index contributed by atoms with van der Waals surface area (Å²) in [5.74, 6) is -1.29. The fourth-order valence-corrected chi connectivity index (χ4v) is 5.11. The van der Waals surface area contributed by atoms with Crippen LogP contribution in [-0.2, 0) is 19.1 Å². The van der Waals surface area contributed by atoms with E-state index < -0.39 is 5.97 Å². The number of amides is 1. The van der Waals surface area contributed by atoms with Crippen LogP contribution < -0.4 is 5.32 Å². The Morgan fingerprint density at radius 2 is 1.05 bits per heavy atom. The first-order chi connectivity index (χ1) is 21.5. The van der Waals surface area contributed by atoms with Crippen LogP contribution in [0.25, 0.3) is 0 Å². The lowest BCUT2D eigenvalue weighted by Crippen LogP contribution is -2.28. The van der Waals surface area contributed by atoms with Gasteiger partial charge >= 0.3 is 11.9 Å². The summed E-state index contributed by atoms with van der Waals surface area (Å²) in [4.78, 5) is 34.7. The number of carboxylic acid groups (broad SMARTS) is 1. The molecular formula is C38H67NO5. The van der Waals surface area contributed by atoms with Gasteiger partial charge in [0.1, 0.15) is 12.6 Å². The summed E-state index contributed by atoms with van der Waals surface area (Å²) in [5.41, 5.74) is 0. The molecule has 6 heteroatoms. The van der Waals surface area contributed by atoms with Gasteiger partial charge in [-0.15, -0.1) is 0 Å². The molecule has 0 aromatic rings. The van der Waals surface area contributed by atoms with Crippen LogP contribution in [0, 0.1) is 0 Å². The Kier molecular flexibility index (Phi) is 31.7. The van der Waals surface area contributed by atoms with Crippen molar-refractivity contribution in [1.82, 2.24) is 5.32 Å². The lowest BCUT2D eigenvalue weighted by Gasteiger charge is -2.18. The van der Waals surface area contributed by atoms with Crippen molar-refractivity contribution in [1.29, 1.82) is 0 Å². The van der Waals surface area contributed by atoms with Crippen LogP contribution in [0.2, 0.25) is 0 Å². The van der Waals surface area contributed by atoms with E-state index in [2.05, 4.69) is 55.6 Å². The van der Waals surface area contributed by atoms with Gasteiger partial charge in [-0.25, -0.2) is 0 Å². The van der Waals surface area contributed by atoms with E-state index >= 15 is 0 Å². The van der Waals surface area contributed by atoms with Gasteiger partial charge in [0, 0.05) is 12.8 Å². The zero-order valence-electron chi connectivity index (χ0n) is 28.5. The molecular weight excluding hydrogens is 550 g/mol. The Morgan fingerprint density at radius 1 is 0.591 bits per heavy atom. The molecule has 0 aliphatic carbocycles. The highest BCUT2D eigenvalue weighted by molar-refractivity contribution is 5.80. The van der Waals surface area contributed by atoms with Crippen LogP contribution in [0.1, 0.15) is 174 Å². The van der Waals surface area contributed by atoms with E-state index in [1.807, 2.05) is 0 Å². The first kappa shape index (κ1) is 41.6. The van der Waals surface area contributed by atoms with Crippen molar-refractivity contribution < 1.29 is 24.2 Å². The SMILES string of the molecule is CCCCC/C=C\C/C=C\C/C=C\CCCCCCCCC(=O)OC(CCCCCC)CCCCCCC(=O)NCC(=O)O. The van der Waals surface area contributed by atoms with Gasteiger partial charge in [0.2, 0.25) is 5.91 Å². The van der Waals surface area contributed by atoms with Gasteiger partial charge in [-0.3, -0.25) is 14.4 Å². The minimum absolute atomic E-state index is 0.000996. The third-order valence-electron chi connectivity index (χ3n) is 7.81. The molecule has 1 atom stereocenters. The Balaban J connectivity index is 3.89. The second-order valence-corrected chi connectivity index (χ2v) is 12.1. The molecule has 0 radical (unpaired) electrons. The molecule has 0 spiro atoms. The Morgan fingerprint density at radius 3 is 1.64 bits per heavy atom. The quantitative estimate of drug-likeness (QED) is 0.0445. The van der Waals surface area contributed by atoms with Crippen molar-refractivity contribution in [3.05, 3.63) is 36.5 Å². The maximum Gasteiger partial charge on any atom is 0.322 e. The van der Waals surface area contributed by atoms with Crippen molar-refractivity contribution in [3.8, 4) is 0 Å². The highest BCUT2D eigenvalue weighted by Gasteiger charge is 2.14. The molecule has 0 bridgehead atoms. The van der Waals surface area contributed by atoms with Gasteiger partial charge in [-0.2, -0.15) is 0 Å². The minimum atomic E-state index is -1.02. The maximum absolute atomic E-state index is 12.5. The fraction of sp³-hybridized carbons (Fsp3) is 0.763. The number of hydrogen-bond donors (Lipinski definition) is 2. The van der Waals surface area contributed by atoms with Crippen LogP contribution in [0.5, 0.6) is 0 Å². The Hall–Kier alpha value is -2.37. The standard InChI is InChI=1S/C38H67NO5/c1-3-5-7-9-10-11-12-13-14-15-16-17-18-19-20-21-22-23-29-33-38(43)44-35(30-26-8-6-4-2)31-27-24-25-28-32-36(40)39-34-37(41)42/h10-11,13-14,16-17,35H,3-9,12,15,18-34H2,1-2H3,(H,39,40)(H,41,42)/b11-10-,14-13-,17-16-. The molecule has 2 N–H and O–H groups in total. The molecule has 0 fully saturated rings. The monoisotopic (exact) mass is 618 g/mol. The van der Waals surface area contributed by atoms with E-state index in [-0.39, 0.29) is 24.5 Å². The van der Waals surface area contributed by atoms with Gasteiger partial charge in [-0.05, 0) is 77.0 Å². The third kappa shape index (κ3) is 32.5. The molecule has 0 saturated heterocycles. The van der Waals surface area contributed by atoms with Crippen LogP contribution in [0.15, 0.2) is 36.5 Å². The van der Waals surface area contributed by atoms with E-state index in [0.29, 0.717) is 12.8 Å². The number of nitrogens with one attached hydrogen (secondary N) is 1. The number of ether oxygens (including phenoxy) is 1. The van der Waals surface area contributed by atoms with Crippen LogP contribution in [-0.4, -0.2) is 35.6 Å². The van der Waals surface area contributed by atoms with E-state index in [1.54, 1.807) is 0 Å². The Bertz CT molecular complexity index is 773. The zero-order valence-corrected chi connectivity index (χ0v) is 28.5. The van der Waals surface area contributed by atoms with Crippen molar-refractivity contribution in [2.45, 2.75) is 180 Å². The molecule has 1 unspecified atom stereocenters. The van der Waals surface area contributed by atoms with Crippen molar-refractivity contribution in [2.24, 2.45) is 0 Å². The van der Waals surface area contributed by atoms with Gasteiger partial charge in [0.25, 0.3) is 0 Å². The third-order valence-corrected chi connectivity index (χ3v) is 7.81. The average Bonchev–Trinajstić information content (AvgIpc) is 3.00. The predicted molar refractivity (Wildman–Crippen MR) is 185 cm³/mol. The summed E-state index contributed by atoms with van der Waals surface area (Å²) in [6.07, 6.45) is 39.9. The van der Waals surface area contributed by atoms with E-state index in [0.717, 1.165) is 77.0 Å². The molecule has 0 aromatic heterocycles. The number of unbranched alkanes of at least 4 members (excludes halogenated alkanes) is 15. The number of carbonyl (C=O) groups is 3. The Labute approximate surface area is 270 Å².